The second-order valence-corrected chi connectivity index (χ2v) is 5.97. The molecule has 1 aromatic rings. The summed E-state index contributed by atoms with van der Waals surface area (Å²) >= 11 is 1.11. The Morgan fingerprint density at radius 1 is 1.55 bits per heavy atom. The molecular formula is C13H15F3N4OS. The fourth-order valence-electron chi connectivity index (χ4n) is 1.83. The number of carbonyl (C=O) groups excluding carboxylic acids is 1. The average Bonchev–Trinajstić information content (AvgIpc) is 2.89. The summed E-state index contributed by atoms with van der Waals surface area (Å²) in [6, 6.07) is -0.305. The Kier molecular flexibility index (Phi) is 4.57. The molecule has 22 heavy (non-hydrogen) atoms. The van der Waals surface area contributed by atoms with E-state index < -0.39 is 17.7 Å². The van der Waals surface area contributed by atoms with Crippen molar-refractivity contribution < 1.29 is 18.0 Å². The minimum Gasteiger partial charge on any atom is -0.368 e. The lowest BCUT2D eigenvalue weighted by Crippen LogP contribution is -2.35. The highest BCUT2D eigenvalue weighted by Gasteiger charge is 2.35. The molecule has 0 bridgehead atoms. The molecule has 0 saturated carbocycles. The van der Waals surface area contributed by atoms with Crippen LogP contribution in [0.25, 0.3) is 0 Å². The van der Waals surface area contributed by atoms with E-state index in [0.29, 0.717) is 5.01 Å². The number of nitrogens with one attached hydrogen (secondary N) is 2. The second-order valence-electron chi connectivity index (χ2n) is 4.91. The largest absolute Gasteiger partial charge is 0.416 e. The molecule has 2 rings (SSSR count). The van der Waals surface area contributed by atoms with E-state index in [0.717, 1.165) is 17.4 Å². The molecule has 1 aliphatic rings. The highest BCUT2D eigenvalue weighted by molar-refractivity contribution is 7.13. The Hall–Kier alpha value is -1.87. The Labute approximate surface area is 129 Å². The van der Waals surface area contributed by atoms with Crippen LogP contribution >= 0.6 is 11.3 Å². The molecule has 1 aliphatic heterocycles. The normalized spacial score (nSPS) is 16.9. The number of dihydropyridines is 1. The number of thiazole rings is 1. The zero-order chi connectivity index (χ0) is 16.5. The molecule has 1 unspecified atom stereocenters. The monoisotopic (exact) mass is 332 g/mol. The number of nitrogens with two attached hydrogens (primary N) is 1. The van der Waals surface area contributed by atoms with Crippen LogP contribution in [0.3, 0.4) is 0 Å². The van der Waals surface area contributed by atoms with E-state index in [1.54, 1.807) is 6.92 Å². The first-order valence-electron chi connectivity index (χ1n) is 6.43. The predicted octanol–water partition coefficient (Wildman–Crippen LogP) is 2.22. The van der Waals surface area contributed by atoms with Crippen molar-refractivity contribution in [3.8, 4) is 0 Å². The van der Waals surface area contributed by atoms with Gasteiger partial charge in [0, 0.05) is 6.54 Å². The van der Waals surface area contributed by atoms with Gasteiger partial charge in [0.1, 0.15) is 15.7 Å². The summed E-state index contributed by atoms with van der Waals surface area (Å²) in [5.41, 5.74) is 5.08. The van der Waals surface area contributed by atoms with Crippen LogP contribution in [0.15, 0.2) is 29.2 Å². The third-order valence-corrected chi connectivity index (χ3v) is 4.18. The zero-order valence-electron chi connectivity index (χ0n) is 11.9. The average molecular weight is 332 g/mol. The van der Waals surface area contributed by atoms with Crippen molar-refractivity contribution in [1.82, 2.24) is 15.6 Å². The summed E-state index contributed by atoms with van der Waals surface area (Å²) in [5, 5.41) is 5.73. The van der Waals surface area contributed by atoms with Gasteiger partial charge in [0.25, 0.3) is 5.91 Å². The van der Waals surface area contributed by atoms with Gasteiger partial charge in [0.2, 0.25) is 0 Å². The number of aromatic nitrogens is 1. The quantitative estimate of drug-likeness (QED) is 0.793. The third-order valence-electron chi connectivity index (χ3n) is 2.98. The van der Waals surface area contributed by atoms with Crippen molar-refractivity contribution in [1.29, 1.82) is 0 Å². The van der Waals surface area contributed by atoms with Crippen molar-refractivity contribution in [2.45, 2.75) is 26.1 Å². The number of rotatable bonds is 3. The molecule has 0 radical (unpaired) electrons. The predicted molar refractivity (Wildman–Crippen MR) is 77.0 cm³/mol. The number of nitrogens with zero attached hydrogens (tertiary/aromatic N) is 1. The van der Waals surface area contributed by atoms with Gasteiger partial charge in [-0.1, -0.05) is 0 Å². The van der Waals surface area contributed by atoms with Crippen molar-refractivity contribution in [2.24, 2.45) is 5.73 Å². The molecule has 4 N–H and O–H groups in total. The molecule has 2 heterocycles. The number of amides is 1. The molecule has 0 saturated heterocycles. The number of hydrogen-bond donors (Lipinski definition) is 3. The number of alkyl halides is 3. The molecule has 120 valence electrons. The summed E-state index contributed by atoms with van der Waals surface area (Å²) in [5.74, 6) is -0.511. The lowest BCUT2D eigenvalue weighted by atomic mass is 10.1. The fraction of sp³-hybridized carbons (Fsp3) is 0.385. The Morgan fingerprint density at radius 2 is 2.23 bits per heavy atom. The van der Waals surface area contributed by atoms with Gasteiger partial charge >= 0.3 is 6.18 Å². The van der Waals surface area contributed by atoms with E-state index in [4.69, 9.17) is 5.73 Å². The first-order valence-corrected chi connectivity index (χ1v) is 7.25. The molecular weight excluding hydrogens is 317 g/mol. The first kappa shape index (κ1) is 16.5. The Bertz CT molecular complexity index is 646. The Balaban J connectivity index is 2.15. The number of carbonyl (C=O) groups is 1. The van der Waals surface area contributed by atoms with Gasteiger partial charge in [0.15, 0.2) is 0 Å². The van der Waals surface area contributed by atoms with Crippen LogP contribution in [-0.2, 0) is 0 Å². The zero-order valence-corrected chi connectivity index (χ0v) is 12.7. The first-order chi connectivity index (χ1) is 10.2. The lowest BCUT2D eigenvalue weighted by Gasteiger charge is -2.21. The molecule has 0 spiro atoms. The molecule has 1 atom stereocenters. The SMILES string of the molecule is CC1=C(C(F)(F)F)C=C(NC(=O)c2cnc(C(C)N)s2)NC1. The Morgan fingerprint density at radius 3 is 2.77 bits per heavy atom. The summed E-state index contributed by atoms with van der Waals surface area (Å²) in [6.07, 6.45) is -2.20. The summed E-state index contributed by atoms with van der Waals surface area (Å²) in [7, 11) is 0. The summed E-state index contributed by atoms with van der Waals surface area (Å²) < 4.78 is 38.6. The van der Waals surface area contributed by atoms with Gasteiger partial charge in [-0.25, -0.2) is 4.98 Å². The maximum atomic E-state index is 12.9. The molecule has 1 amide bonds. The molecule has 0 aliphatic carbocycles. The molecule has 1 aromatic heterocycles. The highest BCUT2D eigenvalue weighted by Crippen LogP contribution is 2.31. The van der Waals surface area contributed by atoms with Crippen LogP contribution in [0.2, 0.25) is 0 Å². The maximum absolute atomic E-state index is 12.9. The van der Waals surface area contributed by atoms with Gasteiger partial charge < -0.3 is 16.4 Å². The van der Waals surface area contributed by atoms with Crippen molar-refractivity contribution in [3.63, 3.8) is 0 Å². The van der Waals surface area contributed by atoms with E-state index in [2.05, 4.69) is 15.6 Å². The maximum Gasteiger partial charge on any atom is 0.416 e. The van der Waals surface area contributed by atoms with Gasteiger partial charge in [-0.05, 0) is 25.5 Å². The van der Waals surface area contributed by atoms with Crippen LogP contribution in [0, 0.1) is 0 Å². The van der Waals surface area contributed by atoms with Crippen LogP contribution in [0.4, 0.5) is 13.2 Å². The second kappa shape index (κ2) is 6.09. The van der Waals surface area contributed by atoms with Crippen molar-refractivity contribution >= 4 is 17.2 Å². The van der Waals surface area contributed by atoms with Gasteiger partial charge in [0.05, 0.1) is 17.8 Å². The van der Waals surface area contributed by atoms with E-state index in [1.807, 2.05) is 0 Å². The van der Waals surface area contributed by atoms with E-state index in [-0.39, 0.29) is 28.9 Å². The molecule has 5 nitrogen and oxygen atoms in total. The molecule has 0 aromatic carbocycles. The third kappa shape index (κ3) is 3.66. The van der Waals surface area contributed by atoms with Crippen LogP contribution in [0.5, 0.6) is 0 Å². The summed E-state index contributed by atoms with van der Waals surface area (Å²) in [4.78, 5) is 16.3. The van der Waals surface area contributed by atoms with Crippen molar-refractivity contribution in [2.75, 3.05) is 6.54 Å². The molecule has 0 fully saturated rings. The van der Waals surface area contributed by atoms with E-state index in [1.165, 1.54) is 13.1 Å². The fourth-order valence-corrected chi connectivity index (χ4v) is 2.60. The number of halogens is 3. The van der Waals surface area contributed by atoms with E-state index in [9.17, 15) is 18.0 Å². The van der Waals surface area contributed by atoms with Crippen LogP contribution < -0.4 is 16.4 Å². The van der Waals surface area contributed by atoms with Crippen molar-refractivity contribution in [3.05, 3.63) is 39.1 Å². The van der Waals surface area contributed by atoms with Gasteiger partial charge in [-0.2, -0.15) is 13.2 Å². The molecule has 9 heteroatoms. The highest BCUT2D eigenvalue weighted by atomic mass is 32.1. The minimum absolute atomic E-state index is 0.0127. The topological polar surface area (TPSA) is 80.0 Å². The summed E-state index contributed by atoms with van der Waals surface area (Å²) in [6.45, 7) is 3.15. The smallest absolute Gasteiger partial charge is 0.368 e. The minimum atomic E-state index is -4.45. The van der Waals surface area contributed by atoms with Gasteiger partial charge in [-0.3, -0.25) is 4.79 Å². The van der Waals surface area contributed by atoms with E-state index >= 15 is 0 Å². The van der Waals surface area contributed by atoms with Gasteiger partial charge in [-0.15, -0.1) is 11.3 Å². The number of allylic oxidation sites excluding steroid dienone is 2. The van der Waals surface area contributed by atoms with Crippen LogP contribution in [-0.4, -0.2) is 23.6 Å². The standard InChI is InChI=1S/C13H15F3N4OS/c1-6-4-18-10(3-8(6)13(14,15)16)20-11(21)9-5-19-12(22-9)7(2)17/h3,5,7,18H,4,17H2,1-2H3,(H,20,21). The number of hydrogen-bond acceptors (Lipinski definition) is 5. The lowest BCUT2D eigenvalue weighted by molar-refractivity contribution is -0.0894. The van der Waals surface area contributed by atoms with Crippen LogP contribution in [0.1, 0.15) is 34.6 Å².